The smallest absolute Gasteiger partial charge is 0.329 e. The van der Waals surface area contributed by atoms with E-state index >= 15 is 0 Å². The molecule has 136 valence electrons. The molecule has 0 saturated heterocycles. The Morgan fingerprint density at radius 2 is 2.12 bits per heavy atom. The number of halogens is 1. The largest absolute Gasteiger partial charge is 0.381 e. The summed E-state index contributed by atoms with van der Waals surface area (Å²) in [6.07, 6.45) is 2.72. The summed E-state index contributed by atoms with van der Waals surface area (Å²) in [5.41, 5.74) is 0.600. The normalized spacial score (nSPS) is 11.5. The average molecular weight is 380 g/mol. The Kier molecular flexibility index (Phi) is 8.37. The van der Waals surface area contributed by atoms with Crippen molar-refractivity contribution >= 4 is 32.8 Å². The molecule has 1 heterocycles. The van der Waals surface area contributed by atoms with E-state index in [4.69, 9.17) is 16.3 Å². The lowest BCUT2D eigenvalue weighted by Gasteiger charge is -2.10. The zero-order valence-electron chi connectivity index (χ0n) is 13.7. The minimum Gasteiger partial charge on any atom is -0.381 e. The molecule has 0 aliphatic carbocycles. The fraction of sp³-hybridized carbons (Fsp3) is 0.643. The van der Waals surface area contributed by atoms with Crippen molar-refractivity contribution in [3.8, 4) is 0 Å². The molecule has 1 N–H and O–H groups in total. The van der Waals surface area contributed by atoms with E-state index in [9.17, 15) is 18.5 Å². The summed E-state index contributed by atoms with van der Waals surface area (Å²) in [6, 6.07) is 1.58. The van der Waals surface area contributed by atoms with E-state index in [0.717, 1.165) is 0 Å². The number of aromatic nitrogens is 1. The van der Waals surface area contributed by atoms with Crippen molar-refractivity contribution < 1.29 is 18.1 Å². The summed E-state index contributed by atoms with van der Waals surface area (Å²) in [6.45, 7) is 3.30. The number of nitro groups is 1. The summed E-state index contributed by atoms with van der Waals surface area (Å²) >= 11 is 5.93. The quantitative estimate of drug-likeness (QED) is 0.272. The number of sulfone groups is 1. The molecule has 0 unspecified atom stereocenters. The van der Waals surface area contributed by atoms with Crippen LogP contribution in [0.5, 0.6) is 0 Å². The summed E-state index contributed by atoms with van der Waals surface area (Å²) in [5, 5.41) is 13.9. The van der Waals surface area contributed by atoms with E-state index in [1.165, 1.54) is 6.26 Å². The average Bonchev–Trinajstić information content (AvgIpc) is 2.45. The second-order valence-corrected chi connectivity index (χ2v) is 7.89. The molecular formula is C14H22ClN3O5S. The van der Waals surface area contributed by atoms with Crippen LogP contribution >= 0.6 is 11.6 Å². The lowest BCUT2D eigenvalue weighted by atomic mass is 10.2. The zero-order chi connectivity index (χ0) is 18.2. The first-order valence-electron chi connectivity index (χ1n) is 7.57. The fourth-order valence-electron chi connectivity index (χ4n) is 2.03. The number of nitrogens with one attached hydrogen (secondary N) is 1. The number of hydrogen-bond donors (Lipinski definition) is 1. The van der Waals surface area contributed by atoms with Crippen LogP contribution < -0.4 is 5.32 Å². The van der Waals surface area contributed by atoms with Gasteiger partial charge in [-0.15, -0.1) is 0 Å². The number of anilines is 1. The van der Waals surface area contributed by atoms with Gasteiger partial charge in [0.2, 0.25) is 5.15 Å². The molecule has 0 saturated carbocycles. The number of pyridine rings is 1. The standard InChI is InChI=1S/C14H22ClN3O5S/c1-3-23-8-6-11-10-12(13(18(19)20)14(15)17-11)16-7-4-5-9-24(2,21)22/h10H,3-9H2,1-2H3,(H,16,17). The van der Waals surface area contributed by atoms with Crippen LogP contribution in [0.4, 0.5) is 11.4 Å². The third-order valence-electron chi connectivity index (χ3n) is 3.15. The highest BCUT2D eigenvalue weighted by atomic mass is 35.5. The Balaban J connectivity index is 2.75. The van der Waals surface area contributed by atoms with Gasteiger partial charge in [-0.3, -0.25) is 10.1 Å². The van der Waals surface area contributed by atoms with Crippen LogP contribution in [0.1, 0.15) is 25.5 Å². The second-order valence-electron chi connectivity index (χ2n) is 5.27. The summed E-state index contributed by atoms with van der Waals surface area (Å²) in [5.74, 6) is 0.0908. The molecule has 24 heavy (non-hydrogen) atoms. The van der Waals surface area contributed by atoms with Gasteiger partial charge in [-0.1, -0.05) is 11.6 Å². The first-order chi connectivity index (χ1) is 11.2. The summed E-state index contributed by atoms with van der Waals surface area (Å²) in [7, 11) is -3.00. The number of nitrogens with zero attached hydrogens (tertiary/aromatic N) is 2. The molecule has 8 nitrogen and oxygen atoms in total. The minimum absolute atomic E-state index is 0.0908. The predicted octanol–water partition coefficient (Wildman–Crippen LogP) is 2.46. The second kappa shape index (κ2) is 9.75. The van der Waals surface area contributed by atoms with E-state index in [1.807, 2.05) is 6.92 Å². The van der Waals surface area contributed by atoms with Crippen LogP contribution in [0.25, 0.3) is 0 Å². The Morgan fingerprint density at radius 3 is 2.71 bits per heavy atom. The number of rotatable bonds is 11. The molecule has 1 aromatic heterocycles. The third-order valence-corrected chi connectivity index (χ3v) is 4.44. The summed E-state index contributed by atoms with van der Waals surface area (Å²) < 4.78 is 27.4. The third kappa shape index (κ3) is 7.41. The zero-order valence-corrected chi connectivity index (χ0v) is 15.3. The maximum absolute atomic E-state index is 11.2. The van der Waals surface area contributed by atoms with Gasteiger partial charge in [-0.2, -0.15) is 0 Å². The van der Waals surface area contributed by atoms with Crippen LogP contribution in [0.3, 0.4) is 0 Å². The van der Waals surface area contributed by atoms with Crippen molar-refractivity contribution in [2.24, 2.45) is 0 Å². The van der Waals surface area contributed by atoms with Crippen LogP contribution in [0.2, 0.25) is 5.15 Å². The van der Waals surface area contributed by atoms with Crippen LogP contribution in [-0.4, -0.2) is 50.1 Å². The first-order valence-corrected chi connectivity index (χ1v) is 10.0. The maximum atomic E-state index is 11.2. The van der Waals surface area contributed by atoms with E-state index in [0.29, 0.717) is 44.7 Å². The van der Waals surface area contributed by atoms with Gasteiger partial charge < -0.3 is 10.1 Å². The highest BCUT2D eigenvalue weighted by molar-refractivity contribution is 7.90. The molecule has 0 spiro atoms. The topological polar surface area (TPSA) is 111 Å². The monoisotopic (exact) mass is 379 g/mol. The summed E-state index contributed by atoms with van der Waals surface area (Å²) in [4.78, 5) is 14.6. The van der Waals surface area contributed by atoms with Crippen molar-refractivity contribution in [1.82, 2.24) is 4.98 Å². The van der Waals surface area contributed by atoms with Gasteiger partial charge in [0, 0.05) is 37.3 Å². The van der Waals surface area contributed by atoms with Crippen LogP contribution in [0.15, 0.2) is 6.07 Å². The Labute approximate surface area is 146 Å². The number of hydrogen-bond acceptors (Lipinski definition) is 7. The van der Waals surface area contributed by atoms with Gasteiger partial charge in [-0.05, 0) is 25.8 Å². The van der Waals surface area contributed by atoms with Crippen molar-refractivity contribution in [3.63, 3.8) is 0 Å². The van der Waals surface area contributed by atoms with E-state index in [1.54, 1.807) is 6.07 Å². The van der Waals surface area contributed by atoms with Crippen molar-refractivity contribution in [1.29, 1.82) is 0 Å². The van der Waals surface area contributed by atoms with Crippen molar-refractivity contribution in [3.05, 3.63) is 27.0 Å². The molecule has 0 aliphatic rings. The first kappa shape index (κ1) is 20.6. The molecule has 0 bridgehead atoms. The van der Waals surface area contributed by atoms with Gasteiger partial charge in [0.15, 0.2) is 0 Å². The maximum Gasteiger partial charge on any atom is 0.329 e. The van der Waals surface area contributed by atoms with E-state index in [-0.39, 0.29) is 22.3 Å². The fourth-order valence-corrected chi connectivity index (χ4v) is 3.04. The van der Waals surface area contributed by atoms with Gasteiger partial charge in [-0.25, -0.2) is 13.4 Å². The van der Waals surface area contributed by atoms with Crippen LogP contribution in [-0.2, 0) is 21.0 Å². The highest BCUT2D eigenvalue weighted by Crippen LogP contribution is 2.32. The Hall–Kier alpha value is -1.45. The molecule has 1 rings (SSSR count). The SMILES string of the molecule is CCOCCc1cc(NCCCCS(C)(=O)=O)c([N+](=O)[O-])c(Cl)n1. The van der Waals surface area contributed by atoms with Crippen LogP contribution in [0, 0.1) is 10.1 Å². The van der Waals surface area contributed by atoms with Crippen molar-refractivity contribution in [2.75, 3.05) is 37.1 Å². The van der Waals surface area contributed by atoms with E-state index < -0.39 is 14.8 Å². The lowest BCUT2D eigenvalue weighted by Crippen LogP contribution is -2.10. The molecule has 0 aliphatic heterocycles. The van der Waals surface area contributed by atoms with Gasteiger partial charge >= 0.3 is 5.69 Å². The molecule has 0 amide bonds. The lowest BCUT2D eigenvalue weighted by molar-refractivity contribution is -0.384. The molecule has 0 aromatic carbocycles. The molecule has 0 fully saturated rings. The molecule has 1 aromatic rings. The molecule has 10 heteroatoms. The Bertz CT molecular complexity index is 667. The molecular weight excluding hydrogens is 358 g/mol. The minimum atomic E-state index is -3.00. The highest BCUT2D eigenvalue weighted by Gasteiger charge is 2.21. The van der Waals surface area contributed by atoms with Gasteiger partial charge in [0.25, 0.3) is 0 Å². The van der Waals surface area contributed by atoms with Gasteiger partial charge in [0.1, 0.15) is 15.5 Å². The van der Waals surface area contributed by atoms with Gasteiger partial charge in [0.05, 0.1) is 11.5 Å². The molecule has 0 radical (unpaired) electrons. The molecule has 0 atom stereocenters. The number of ether oxygens (including phenoxy) is 1. The van der Waals surface area contributed by atoms with E-state index in [2.05, 4.69) is 10.3 Å². The number of unbranched alkanes of at least 4 members (excludes halogenated alkanes) is 1. The predicted molar refractivity (Wildman–Crippen MR) is 93.5 cm³/mol. The Morgan fingerprint density at radius 1 is 1.42 bits per heavy atom. The van der Waals surface area contributed by atoms with Crippen molar-refractivity contribution in [2.45, 2.75) is 26.2 Å².